The van der Waals surface area contributed by atoms with E-state index in [9.17, 15) is 0 Å². The van der Waals surface area contributed by atoms with Crippen LogP contribution < -0.4 is 0 Å². The number of nitrogens with zero attached hydrogens (tertiary/aromatic N) is 1. The van der Waals surface area contributed by atoms with Crippen LogP contribution in [0.25, 0.3) is 0 Å². The molecule has 1 unspecified atom stereocenters. The molecule has 0 aromatic carbocycles. The standard InChI is InChI=1S/C8H10BrNO2/c9-8-10-6(5-12-8)7-3-1-2-4-11-7/h5,7H,1-4H2. The van der Waals surface area contributed by atoms with Gasteiger partial charge in [0.15, 0.2) is 0 Å². The number of hydrogen-bond acceptors (Lipinski definition) is 3. The van der Waals surface area contributed by atoms with Crippen LogP contribution in [0.15, 0.2) is 15.5 Å². The fourth-order valence-electron chi connectivity index (χ4n) is 1.39. The average molecular weight is 232 g/mol. The van der Waals surface area contributed by atoms with Gasteiger partial charge in [-0.3, -0.25) is 0 Å². The highest BCUT2D eigenvalue weighted by Crippen LogP contribution is 2.27. The van der Waals surface area contributed by atoms with Gasteiger partial charge in [0.2, 0.25) is 0 Å². The molecule has 3 nitrogen and oxygen atoms in total. The van der Waals surface area contributed by atoms with Crippen LogP contribution in [0.1, 0.15) is 31.1 Å². The lowest BCUT2D eigenvalue weighted by Gasteiger charge is -2.19. The lowest BCUT2D eigenvalue weighted by molar-refractivity contribution is 0.0122. The zero-order valence-electron chi connectivity index (χ0n) is 6.62. The normalized spacial score (nSPS) is 24.2. The highest BCUT2D eigenvalue weighted by atomic mass is 79.9. The monoisotopic (exact) mass is 231 g/mol. The SMILES string of the molecule is Brc1nc(C2CCCCO2)co1. The molecule has 0 spiro atoms. The first-order valence-corrected chi connectivity index (χ1v) is 4.88. The van der Waals surface area contributed by atoms with E-state index >= 15 is 0 Å². The fraction of sp³-hybridized carbons (Fsp3) is 0.625. The number of halogens is 1. The largest absolute Gasteiger partial charge is 0.439 e. The molecule has 2 rings (SSSR count). The molecule has 0 N–H and O–H groups in total. The van der Waals surface area contributed by atoms with Crippen molar-refractivity contribution in [1.82, 2.24) is 4.98 Å². The van der Waals surface area contributed by atoms with Gasteiger partial charge in [-0.1, -0.05) is 0 Å². The van der Waals surface area contributed by atoms with Gasteiger partial charge in [-0.15, -0.1) is 0 Å². The third kappa shape index (κ3) is 1.69. The lowest BCUT2D eigenvalue weighted by atomic mass is 10.1. The van der Waals surface area contributed by atoms with Crippen molar-refractivity contribution in [2.24, 2.45) is 0 Å². The van der Waals surface area contributed by atoms with Crippen LogP contribution in [-0.2, 0) is 4.74 Å². The zero-order chi connectivity index (χ0) is 8.39. The van der Waals surface area contributed by atoms with Gasteiger partial charge in [-0.25, -0.2) is 4.98 Å². The van der Waals surface area contributed by atoms with E-state index in [-0.39, 0.29) is 6.10 Å². The van der Waals surface area contributed by atoms with E-state index in [1.807, 2.05) is 0 Å². The molecule has 1 aliphatic heterocycles. The minimum Gasteiger partial charge on any atom is -0.439 e. The summed E-state index contributed by atoms with van der Waals surface area (Å²) in [4.78, 5) is 4.69. The maximum Gasteiger partial charge on any atom is 0.264 e. The van der Waals surface area contributed by atoms with E-state index in [2.05, 4.69) is 20.9 Å². The molecule has 66 valence electrons. The predicted molar refractivity (Wildman–Crippen MR) is 46.7 cm³/mol. The second-order valence-electron chi connectivity index (χ2n) is 2.88. The summed E-state index contributed by atoms with van der Waals surface area (Å²) >= 11 is 3.17. The van der Waals surface area contributed by atoms with E-state index < -0.39 is 0 Å². The van der Waals surface area contributed by atoms with Crippen LogP contribution >= 0.6 is 15.9 Å². The van der Waals surface area contributed by atoms with E-state index in [1.165, 1.54) is 6.42 Å². The van der Waals surface area contributed by atoms with Gasteiger partial charge < -0.3 is 9.15 Å². The van der Waals surface area contributed by atoms with Crippen LogP contribution in [0, 0.1) is 0 Å². The summed E-state index contributed by atoms with van der Waals surface area (Å²) < 4.78 is 10.6. The smallest absolute Gasteiger partial charge is 0.264 e. The summed E-state index contributed by atoms with van der Waals surface area (Å²) in [5, 5.41) is 0. The fourth-order valence-corrected chi connectivity index (χ4v) is 1.68. The van der Waals surface area contributed by atoms with Crippen LogP contribution in [0.4, 0.5) is 0 Å². The highest BCUT2D eigenvalue weighted by molar-refractivity contribution is 9.10. The van der Waals surface area contributed by atoms with Crippen LogP contribution in [-0.4, -0.2) is 11.6 Å². The van der Waals surface area contributed by atoms with Gasteiger partial charge in [0.25, 0.3) is 4.80 Å². The Balaban J connectivity index is 2.08. The molecule has 0 aliphatic carbocycles. The first kappa shape index (κ1) is 8.26. The maximum atomic E-state index is 5.53. The maximum absolute atomic E-state index is 5.53. The Morgan fingerprint density at radius 2 is 2.42 bits per heavy atom. The second-order valence-corrected chi connectivity index (χ2v) is 3.56. The van der Waals surface area contributed by atoms with Crippen LogP contribution in [0.3, 0.4) is 0 Å². The molecule has 1 fully saturated rings. The highest BCUT2D eigenvalue weighted by Gasteiger charge is 2.18. The van der Waals surface area contributed by atoms with Gasteiger partial charge in [-0.2, -0.15) is 0 Å². The van der Waals surface area contributed by atoms with Crippen molar-refractivity contribution >= 4 is 15.9 Å². The van der Waals surface area contributed by atoms with Crippen molar-refractivity contribution in [1.29, 1.82) is 0 Å². The molecular weight excluding hydrogens is 222 g/mol. The molecule has 0 bridgehead atoms. The number of ether oxygens (including phenoxy) is 1. The second kappa shape index (κ2) is 3.58. The third-order valence-electron chi connectivity index (χ3n) is 2.00. The summed E-state index contributed by atoms with van der Waals surface area (Å²) in [6.45, 7) is 0.842. The quantitative estimate of drug-likeness (QED) is 0.746. The summed E-state index contributed by atoms with van der Waals surface area (Å²) in [7, 11) is 0. The van der Waals surface area contributed by atoms with Gasteiger partial charge in [0.1, 0.15) is 18.1 Å². The minimum atomic E-state index is 0.147. The Bertz CT molecular complexity index is 255. The Morgan fingerprint density at radius 1 is 1.50 bits per heavy atom. The van der Waals surface area contributed by atoms with Crippen molar-refractivity contribution in [3.05, 3.63) is 16.8 Å². The first-order chi connectivity index (χ1) is 5.86. The Kier molecular flexibility index (Phi) is 2.46. The molecule has 1 aromatic rings. The topological polar surface area (TPSA) is 35.3 Å². The van der Waals surface area contributed by atoms with Crippen molar-refractivity contribution in [2.75, 3.05) is 6.61 Å². The third-order valence-corrected chi connectivity index (χ3v) is 2.37. The molecule has 0 radical (unpaired) electrons. The molecule has 4 heteroatoms. The van der Waals surface area contributed by atoms with E-state index in [0.717, 1.165) is 25.1 Å². The molecule has 0 saturated carbocycles. The van der Waals surface area contributed by atoms with Gasteiger partial charge in [0, 0.05) is 22.5 Å². The molecule has 2 heterocycles. The summed E-state index contributed by atoms with van der Waals surface area (Å²) in [5.41, 5.74) is 0.904. The number of hydrogen-bond donors (Lipinski definition) is 0. The van der Waals surface area contributed by atoms with Crippen LogP contribution in [0.5, 0.6) is 0 Å². The van der Waals surface area contributed by atoms with Crippen molar-refractivity contribution < 1.29 is 9.15 Å². The van der Waals surface area contributed by atoms with E-state index in [4.69, 9.17) is 9.15 Å². The lowest BCUT2D eigenvalue weighted by Crippen LogP contribution is -2.11. The number of aromatic nitrogens is 1. The van der Waals surface area contributed by atoms with Gasteiger partial charge in [0.05, 0.1) is 0 Å². The predicted octanol–water partition coefficient (Wildman–Crippen LogP) is 2.68. The Labute approximate surface area is 79.2 Å². The zero-order valence-corrected chi connectivity index (χ0v) is 8.21. The molecular formula is C8H10BrNO2. The minimum absolute atomic E-state index is 0.147. The molecule has 12 heavy (non-hydrogen) atoms. The van der Waals surface area contributed by atoms with Gasteiger partial charge >= 0.3 is 0 Å². The van der Waals surface area contributed by atoms with Crippen LogP contribution in [0.2, 0.25) is 0 Å². The van der Waals surface area contributed by atoms with Gasteiger partial charge in [-0.05, 0) is 19.3 Å². The summed E-state index contributed by atoms with van der Waals surface area (Å²) in [6, 6.07) is 0. The molecule has 1 aliphatic rings. The molecule has 1 saturated heterocycles. The first-order valence-electron chi connectivity index (χ1n) is 4.09. The van der Waals surface area contributed by atoms with Crippen molar-refractivity contribution in [3.8, 4) is 0 Å². The van der Waals surface area contributed by atoms with E-state index in [0.29, 0.717) is 4.80 Å². The van der Waals surface area contributed by atoms with Crippen molar-refractivity contribution in [2.45, 2.75) is 25.4 Å². The summed E-state index contributed by atoms with van der Waals surface area (Å²) in [5.74, 6) is 0. The summed E-state index contributed by atoms with van der Waals surface area (Å²) in [6.07, 6.45) is 5.23. The molecule has 1 aromatic heterocycles. The average Bonchev–Trinajstić information content (AvgIpc) is 2.54. The molecule has 1 atom stereocenters. The molecule has 0 amide bonds. The van der Waals surface area contributed by atoms with Crippen molar-refractivity contribution in [3.63, 3.8) is 0 Å². The van der Waals surface area contributed by atoms with E-state index in [1.54, 1.807) is 6.26 Å². The Morgan fingerprint density at radius 3 is 3.00 bits per heavy atom. The number of rotatable bonds is 1. The number of oxazole rings is 1. The Hall–Kier alpha value is -0.350.